The maximum absolute atomic E-state index is 5.83. The van der Waals surface area contributed by atoms with E-state index >= 15 is 0 Å². The number of nitrogens with one attached hydrogen (secondary N) is 1. The Bertz CT molecular complexity index is 444. The summed E-state index contributed by atoms with van der Waals surface area (Å²) in [6.07, 6.45) is 9.13. The van der Waals surface area contributed by atoms with Crippen molar-refractivity contribution in [1.29, 1.82) is 0 Å². The maximum atomic E-state index is 5.83. The van der Waals surface area contributed by atoms with Crippen molar-refractivity contribution in [3.63, 3.8) is 0 Å². The molecule has 0 aromatic carbocycles. The first-order valence-corrected chi connectivity index (χ1v) is 8.36. The largest absolute Gasteiger partial charge is 0.370 e. The number of aromatic nitrogens is 2. The topological polar surface area (TPSA) is 60.2 Å². The fraction of sp³-hybridized carbons (Fsp3) is 0.875. The number of methoxy groups -OCH3 is 1. The van der Waals surface area contributed by atoms with Crippen LogP contribution in [0.1, 0.15) is 76.0 Å². The highest BCUT2D eigenvalue weighted by atomic mass is 16.5. The molecule has 1 atom stereocenters. The predicted octanol–water partition coefficient (Wildman–Crippen LogP) is 3.33. The molecule has 0 radical (unpaired) electrons. The van der Waals surface area contributed by atoms with Crippen LogP contribution in [0.4, 0.5) is 0 Å². The Morgan fingerprint density at radius 3 is 2.76 bits per heavy atom. The Hall–Kier alpha value is -0.940. The van der Waals surface area contributed by atoms with Gasteiger partial charge in [0.25, 0.3) is 0 Å². The van der Waals surface area contributed by atoms with Crippen LogP contribution in [0.5, 0.6) is 0 Å². The zero-order chi connectivity index (χ0) is 14.7. The van der Waals surface area contributed by atoms with Gasteiger partial charge >= 0.3 is 0 Å². The zero-order valence-electron chi connectivity index (χ0n) is 13.2. The van der Waals surface area contributed by atoms with Gasteiger partial charge in [0.05, 0.1) is 6.04 Å². The lowest BCUT2D eigenvalue weighted by Gasteiger charge is -2.35. The molecule has 1 saturated carbocycles. The van der Waals surface area contributed by atoms with E-state index in [-0.39, 0.29) is 11.6 Å². The molecule has 1 N–H and O–H groups in total. The van der Waals surface area contributed by atoms with Gasteiger partial charge in [0.2, 0.25) is 11.7 Å². The summed E-state index contributed by atoms with van der Waals surface area (Å²) in [7, 11) is 1.77. The summed E-state index contributed by atoms with van der Waals surface area (Å²) >= 11 is 0. The second-order valence-electron chi connectivity index (χ2n) is 6.69. The SMILES string of the molecule is COC1(c2noc(C3CCCCCN3)n2)CCC(C)CC1. The Balaban J connectivity index is 1.76. The molecule has 1 aromatic heterocycles. The summed E-state index contributed by atoms with van der Waals surface area (Å²) in [4.78, 5) is 4.70. The van der Waals surface area contributed by atoms with Crippen molar-refractivity contribution in [2.24, 2.45) is 5.92 Å². The molecular weight excluding hydrogens is 266 g/mol. The van der Waals surface area contributed by atoms with Gasteiger partial charge in [0.15, 0.2) is 0 Å². The molecule has 1 saturated heterocycles. The smallest absolute Gasteiger partial charge is 0.243 e. The van der Waals surface area contributed by atoms with E-state index in [1.165, 1.54) is 32.1 Å². The molecule has 0 spiro atoms. The monoisotopic (exact) mass is 293 g/mol. The van der Waals surface area contributed by atoms with Crippen molar-refractivity contribution in [3.05, 3.63) is 11.7 Å². The number of ether oxygens (including phenoxy) is 1. The van der Waals surface area contributed by atoms with Crippen LogP contribution in [0.25, 0.3) is 0 Å². The lowest BCUT2D eigenvalue weighted by atomic mass is 9.79. The van der Waals surface area contributed by atoms with Gasteiger partial charge in [-0.1, -0.05) is 24.9 Å². The molecule has 118 valence electrons. The van der Waals surface area contributed by atoms with Crippen LogP contribution < -0.4 is 5.32 Å². The Labute approximate surface area is 126 Å². The second kappa shape index (κ2) is 6.44. The van der Waals surface area contributed by atoms with Crippen molar-refractivity contribution in [2.45, 2.75) is 69.9 Å². The number of rotatable bonds is 3. The van der Waals surface area contributed by atoms with Gasteiger partial charge in [-0.25, -0.2) is 0 Å². The van der Waals surface area contributed by atoms with Crippen molar-refractivity contribution in [1.82, 2.24) is 15.5 Å². The summed E-state index contributed by atoms with van der Waals surface area (Å²) in [5, 5.41) is 7.78. The quantitative estimate of drug-likeness (QED) is 0.926. The first-order chi connectivity index (χ1) is 10.2. The maximum Gasteiger partial charge on any atom is 0.243 e. The van der Waals surface area contributed by atoms with Gasteiger partial charge < -0.3 is 14.6 Å². The van der Waals surface area contributed by atoms with Crippen LogP contribution in [0.3, 0.4) is 0 Å². The van der Waals surface area contributed by atoms with E-state index < -0.39 is 0 Å². The van der Waals surface area contributed by atoms with Gasteiger partial charge in [0, 0.05) is 7.11 Å². The molecule has 2 heterocycles. The fourth-order valence-electron chi connectivity index (χ4n) is 3.55. The highest BCUT2D eigenvalue weighted by molar-refractivity contribution is 5.05. The molecule has 5 nitrogen and oxygen atoms in total. The first-order valence-electron chi connectivity index (χ1n) is 8.36. The van der Waals surface area contributed by atoms with E-state index in [1.807, 2.05) is 0 Å². The normalized spacial score (nSPS) is 34.6. The minimum Gasteiger partial charge on any atom is -0.370 e. The van der Waals surface area contributed by atoms with Gasteiger partial charge in [-0.3, -0.25) is 0 Å². The molecule has 2 fully saturated rings. The van der Waals surface area contributed by atoms with E-state index in [2.05, 4.69) is 17.4 Å². The fourth-order valence-corrected chi connectivity index (χ4v) is 3.55. The van der Waals surface area contributed by atoms with E-state index in [1.54, 1.807) is 7.11 Å². The van der Waals surface area contributed by atoms with Gasteiger partial charge in [-0.05, 0) is 51.0 Å². The number of nitrogens with zero attached hydrogens (tertiary/aromatic N) is 2. The van der Waals surface area contributed by atoms with Crippen LogP contribution in [-0.2, 0) is 10.3 Å². The van der Waals surface area contributed by atoms with E-state index in [0.717, 1.165) is 43.4 Å². The number of hydrogen-bond acceptors (Lipinski definition) is 5. The third kappa shape index (κ3) is 3.14. The molecular formula is C16H27N3O2. The van der Waals surface area contributed by atoms with Crippen molar-refractivity contribution >= 4 is 0 Å². The molecule has 21 heavy (non-hydrogen) atoms. The third-order valence-corrected chi connectivity index (χ3v) is 5.18. The minimum absolute atomic E-state index is 0.213. The molecule has 3 rings (SSSR count). The van der Waals surface area contributed by atoms with E-state index in [9.17, 15) is 0 Å². The van der Waals surface area contributed by atoms with E-state index in [4.69, 9.17) is 14.2 Å². The van der Waals surface area contributed by atoms with Crippen molar-refractivity contribution in [3.8, 4) is 0 Å². The van der Waals surface area contributed by atoms with Gasteiger partial charge in [0.1, 0.15) is 5.60 Å². The summed E-state index contributed by atoms with van der Waals surface area (Å²) in [5.74, 6) is 2.25. The summed E-state index contributed by atoms with van der Waals surface area (Å²) in [5.41, 5.74) is -0.334. The summed E-state index contributed by atoms with van der Waals surface area (Å²) in [6.45, 7) is 3.34. The van der Waals surface area contributed by atoms with Crippen LogP contribution in [0.15, 0.2) is 4.52 Å². The first kappa shape index (κ1) is 15.0. The second-order valence-corrected chi connectivity index (χ2v) is 6.69. The van der Waals surface area contributed by atoms with E-state index in [0.29, 0.717) is 0 Å². The highest BCUT2D eigenvalue weighted by Gasteiger charge is 2.40. The summed E-state index contributed by atoms with van der Waals surface area (Å²) in [6, 6.07) is 0.213. The van der Waals surface area contributed by atoms with Gasteiger partial charge in [-0.2, -0.15) is 4.98 Å². The zero-order valence-corrected chi connectivity index (χ0v) is 13.2. The van der Waals surface area contributed by atoms with Crippen LogP contribution in [0.2, 0.25) is 0 Å². The molecule has 1 aliphatic carbocycles. The minimum atomic E-state index is -0.334. The highest BCUT2D eigenvalue weighted by Crippen LogP contribution is 2.41. The Morgan fingerprint density at radius 2 is 2.00 bits per heavy atom. The molecule has 0 bridgehead atoms. The molecule has 2 aliphatic rings. The lowest BCUT2D eigenvalue weighted by Crippen LogP contribution is -2.34. The van der Waals surface area contributed by atoms with Crippen LogP contribution in [-0.4, -0.2) is 23.8 Å². The van der Waals surface area contributed by atoms with Crippen molar-refractivity contribution < 1.29 is 9.26 Å². The van der Waals surface area contributed by atoms with Crippen LogP contribution >= 0.6 is 0 Å². The van der Waals surface area contributed by atoms with Crippen molar-refractivity contribution in [2.75, 3.05) is 13.7 Å². The van der Waals surface area contributed by atoms with Crippen LogP contribution in [0, 0.1) is 5.92 Å². The molecule has 5 heteroatoms. The standard InChI is InChI=1S/C16H27N3O2/c1-12-7-9-16(20-2,10-8-12)15-18-14(21-19-15)13-6-4-3-5-11-17-13/h12-13,17H,3-11H2,1-2H3. The molecule has 0 amide bonds. The average Bonchev–Trinajstić information content (AvgIpc) is 2.85. The Kier molecular flexibility index (Phi) is 4.60. The molecule has 1 unspecified atom stereocenters. The number of hydrogen-bond donors (Lipinski definition) is 1. The van der Waals surface area contributed by atoms with Gasteiger partial charge in [-0.15, -0.1) is 0 Å². The predicted molar refractivity (Wildman–Crippen MR) is 79.8 cm³/mol. The average molecular weight is 293 g/mol. The summed E-state index contributed by atoms with van der Waals surface area (Å²) < 4.78 is 11.4. The Morgan fingerprint density at radius 1 is 1.19 bits per heavy atom. The molecule has 1 aromatic rings. The molecule has 1 aliphatic heterocycles. The lowest BCUT2D eigenvalue weighted by molar-refractivity contribution is -0.0609. The third-order valence-electron chi connectivity index (χ3n) is 5.18.